The van der Waals surface area contributed by atoms with Gasteiger partial charge in [0.25, 0.3) is 0 Å². The summed E-state index contributed by atoms with van der Waals surface area (Å²) >= 11 is 0. The first-order chi connectivity index (χ1) is 11.1. The maximum absolute atomic E-state index is 5.90. The first-order valence-corrected chi connectivity index (χ1v) is 7.04. The molecular formula is C17H17N3O3. The Morgan fingerprint density at radius 2 is 1.57 bits per heavy atom. The van der Waals surface area contributed by atoms with Gasteiger partial charge in [0, 0.05) is 11.8 Å². The molecule has 2 aromatic carbocycles. The Bertz CT molecular complexity index is 848. The van der Waals surface area contributed by atoms with Gasteiger partial charge in [-0.2, -0.15) is 4.98 Å². The Hall–Kier alpha value is -3.02. The molecule has 3 aromatic rings. The van der Waals surface area contributed by atoms with Crippen LogP contribution < -0.4 is 19.9 Å². The molecule has 0 aliphatic carbocycles. The SMILES string of the molecule is COc1cc2nc(C)nc(Oc3ccc(N)cc3)c2cc1OC. The maximum atomic E-state index is 5.90. The molecule has 0 spiro atoms. The molecule has 6 heteroatoms. The number of benzene rings is 2. The number of hydrogen-bond acceptors (Lipinski definition) is 6. The topological polar surface area (TPSA) is 79.5 Å². The molecule has 0 atom stereocenters. The van der Waals surface area contributed by atoms with Crippen LogP contribution in [-0.2, 0) is 0 Å². The molecule has 0 radical (unpaired) electrons. The molecule has 1 aromatic heterocycles. The highest BCUT2D eigenvalue weighted by molar-refractivity contribution is 5.87. The summed E-state index contributed by atoms with van der Waals surface area (Å²) in [5.41, 5.74) is 7.09. The highest BCUT2D eigenvalue weighted by Gasteiger charge is 2.13. The second-order valence-electron chi connectivity index (χ2n) is 4.97. The second kappa shape index (κ2) is 6.00. The van der Waals surface area contributed by atoms with Crippen molar-refractivity contribution in [2.45, 2.75) is 6.92 Å². The van der Waals surface area contributed by atoms with Gasteiger partial charge in [-0.05, 0) is 37.3 Å². The number of ether oxygens (including phenoxy) is 3. The number of nitrogens with zero attached hydrogens (tertiary/aromatic N) is 2. The van der Waals surface area contributed by atoms with Gasteiger partial charge in [0.1, 0.15) is 11.6 Å². The van der Waals surface area contributed by atoms with Crippen molar-refractivity contribution in [3.63, 3.8) is 0 Å². The van der Waals surface area contributed by atoms with E-state index in [1.54, 1.807) is 50.6 Å². The quantitative estimate of drug-likeness (QED) is 0.744. The average molecular weight is 311 g/mol. The molecule has 0 saturated heterocycles. The Kier molecular flexibility index (Phi) is 3.89. The van der Waals surface area contributed by atoms with Gasteiger partial charge >= 0.3 is 0 Å². The third kappa shape index (κ3) is 2.96. The van der Waals surface area contributed by atoms with Gasteiger partial charge in [-0.3, -0.25) is 0 Å². The molecule has 0 amide bonds. The van der Waals surface area contributed by atoms with Crippen LogP contribution in [0, 0.1) is 6.92 Å². The van der Waals surface area contributed by atoms with Crippen LogP contribution >= 0.6 is 0 Å². The average Bonchev–Trinajstić information content (AvgIpc) is 2.55. The summed E-state index contributed by atoms with van der Waals surface area (Å²) in [5.74, 6) is 2.91. The zero-order chi connectivity index (χ0) is 16.4. The Morgan fingerprint density at radius 1 is 0.913 bits per heavy atom. The van der Waals surface area contributed by atoms with E-state index in [0.29, 0.717) is 34.6 Å². The van der Waals surface area contributed by atoms with Crippen molar-refractivity contribution in [2.75, 3.05) is 20.0 Å². The fraction of sp³-hybridized carbons (Fsp3) is 0.176. The number of nitrogens with two attached hydrogens (primary N) is 1. The largest absolute Gasteiger partial charge is 0.493 e. The van der Waals surface area contributed by atoms with Gasteiger partial charge in [0.15, 0.2) is 11.5 Å². The molecule has 3 rings (SSSR count). The number of anilines is 1. The molecule has 0 aliphatic heterocycles. The number of aromatic nitrogens is 2. The minimum atomic E-state index is 0.457. The number of hydrogen-bond donors (Lipinski definition) is 1. The van der Waals surface area contributed by atoms with Gasteiger partial charge in [0.05, 0.1) is 25.1 Å². The van der Waals surface area contributed by atoms with Crippen molar-refractivity contribution in [3.05, 3.63) is 42.2 Å². The molecule has 0 fully saturated rings. The Labute approximate surface area is 133 Å². The van der Waals surface area contributed by atoms with Gasteiger partial charge in [-0.15, -0.1) is 0 Å². The van der Waals surface area contributed by atoms with Gasteiger partial charge in [-0.25, -0.2) is 4.98 Å². The zero-order valence-corrected chi connectivity index (χ0v) is 13.2. The van der Waals surface area contributed by atoms with E-state index >= 15 is 0 Å². The minimum Gasteiger partial charge on any atom is -0.493 e. The van der Waals surface area contributed by atoms with Crippen LogP contribution in [0.2, 0.25) is 0 Å². The van der Waals surface area contributed by atoms with E-state index in [1.165, 1.54) is 0 Å². The molecule has 6 nitrogen and oxygen atoms in total. The van der Waals surface area contributed by atoms with E-state index in [1.807, 2.05) is 6.92 Å². The number of methoxy groups -OCH3 is 2. The monoisotopic (exact) mass is 311 g/mol. The van der Waals surface area contributed by atoms with Crippen molar-refractivity contribution in [1.82, 2.24) is 9.97 Å². The standard InChI is InChI=1S/C17H17N3O3/c1-10-19-14-9-16(22-3)15(21-2)8-13(14)17(20-10)23-12-6-4-11(18)5-7-12/h4-9H,18H2,1-3H3. The summed E-state index contributed by atoms with van der Waals surface area (Å²) in [4.78, 5) is 8.82. The predicted octanol–water partition coefficient (Wildman–Crippen LogP) is 3.33. The molecule has 0 bridgehead atoms. The summed E-state index contributed by atoms with van der Waals surface area (Å²) in [5, 5.41) is 0.741. The highest BCUT2D eigenvalue weighted by Crippen LogP contribution is 2.36. The first-order valence-electron chi connectivity index (χ1n) is 7.04. The van der Waals surface area contributed by atoms with Crippen molar-refractivity contribution in [2.24, 2.45) is 0 Å². The molecular weight excluding hydrogens is 294 g/mol. The van der Waals surface area contributed by atoms with Crippen molar-refractivity contribution < 1.29 is 14.2 Å². The Morgan fingerprint density at radius 3 is 2.22 bits per heavy atom. The predicted molar refractivity (Wildman–Crippen MR) is 88.3 cm³/mol. The van der Waals surface area contributed by atoms with Crippen LogP contribution in [0.5, 0.6) is 23.1 Å². The van der Waals surface area contributed by atoms with Gasteiger partial charge < -0.3 is 19.9 Å². The fourth-order valence-electron chi connectivity index (χ4n) is 2.26. The van der Waals surface area contributed by atoms with E-state index in [0.717, 1.165) is 10.9 Å². The third-order valence-corrected chi connectivity index (χ3v) is 3.37. The highest BCUT2D eigenvalue weighted by atomic mass is 16.5. The lowest BCUT2D eigenvalue weighted by molar-refractivity contribution is 0.355. The maximum Gasteiger partial charge on any atom is 0.230 e. The molecule has 118 valence electrons. The summed E-state index contributed by atoms with van der Waals surface area (Å²) < 4.78 is 16.6. The molecule has 0 saturated carbocycles. The van der Waals surface area contributed by atoms with Crippen LogP contribution in [0.1, 0.15) is 5.82 Å². The normalized spacial score (nSPS) is 10.6. The molecule has 23 heavy (non-hydrogen) atoms. The van der Waals surface area contributed by atoms with E-state index in [9.17, 15) is 0 Å². The number of rotatable bonds is 4. The van der Waals surface area contributed by atoms with E-state index in [2.05, 4.69) is 9.97 Å². The van der Waals surface area contributed by atoms with Gasteiger partial charge in [-0.1, -0.05) is 0 Å². The summed E-state index contributed by atoms with van der Waals surface area (Å²) in [7, 11) is 3.17. The summed E-state index contributed by atoms with van der Waals surface area (Å²) in [6.45, 7) is 1.81. The first kappa shape index (κ1) is 14.9. The van der Waals surface area contributed by atoms with Crippen LogP contribution in [-0.4, -0.2) is 24.2 Å². The Balaban J connectivity index is 2.13. The van der Waals surface area contributed by atoms with Crippen LogP contribution in [0.4, 0.5) is 5.69 Å². The minimum absolute atomic E-state index is 0.457. The van der Waals surface area contributed by atoms with Gasteiger partial charge in [0.2, 0.25) is 5.88 Å². The molecule has 0 unspecified atom stereocenters. The lowest BCUT2D eigenvalue weighted by Gasteiger charge is -2.12. The number of fused-ring (bicyclic) bond motifs is 1. The number of aryl methyl sites for hydroxylation is 1. The van der Waals surface area contributed by atoms with Crippen LogP contribution in [0.3, 0.4) is 0 Å². The van der Waals surface area contributed by atoms with E-state index in [4.69, 9.17) is 19.9 Å². The van der Waals surface area contributed by atoms with Crippen molar-refractivity contribution >= 4 is 16.6 Å². The van der Waals surface area contributed by atoms with E-state index < -0.39 is 0 Å². The zero-order valence-electron chi connectivity index (χ0n) is 13.2. The summed E-state index contributed by atoms with van der Waals surface area (Å²) in [6, 6.07) is 10.7. The lowest BCUT2D eigenvalue weighted by atomic mass is 10.2. The molecule has 2 N–H and O–H groups in total. The van der Waals surface area contributed by atoms with Crippen LogP contribution in [0.25, 0.3) is 10.9 Å². The molecule has 0 aliphatic rings. The third-order valence-electron chi connectivity index (χ3n) is 3.37. The van der Waals surface area contributed by atoms with Crippen LogP contribution in [0.15, 0.2) is 36.4 Å². The van der Waals surface area contributed by atoms with E-state index in [-0.39, 0.29) is 0 Å². The molecule has 1 heterocycles. The lowest BCUT2D eigenvalue weighted by Crippen LogP contribution is -1.98. The smallest absolute Gasteiger partial charge is 0.230 e. The van der Waals surface area contributed by atoms with Crippen molar-refractivity contribution in [1.29, 1.82) is 0 Å². The van der Waals surface area contributed by atoms with Crippen molar-refractivity contribution in [3.8, 4) is 23.1 Å². The number of nitrogen functional groups attached to an aromatic ring is 1. The fourth-order valence-corrected chi connectivity index (χ4v) is 2.26. The second-order valence-corrected chi connectivity index (χ2v) is 4.97. The summed E-state index contributed by atoms with van der Waals surface area (Å²) in [6.07, 6.45) is 0.